The van der Waals surface area contributed by atoms with Crippen LogP contribution in [0.1, 0.15) is 44.7 Å². The Labute approximate surface area is 119 Å². The Bertz CT molecular complexity index is 539. The normalized spacial score (nSPS) is 16.4. The predicted molar refractivity (Wildman–Crippen MR) is 78.0 cm³/mol. The number of aryl methyl sites for hydroxylation is 1. The van der Waals surface area contributed by atoms with Gasteiger partial charge >= 0.3 is 6.09 Å². The van der Waals surface area contributed by atoms with Crippen molar-refractivity contribution in [2.75, 3.05) is 5.32 Å². The number of anilines is 1. The first-order valence-electron chi connectivity index (χ1n) is 6.83. The first kappa shape index (κ1) is 14.6. The second kappa shape index (κ2) is 4.93. The lowest BCUT2D eigenvalue weighted by Gasteiger charge is -2.20. The molecule has 1 aliphatic carbocycles. The molecule has 0 heterocycles. The van der Waals surface area contributed by atoms with Crippen LogP contribution in [0.4, 0.5) is 10.5 Å². The van der Waals surface area contributed by atoms with Gasteiger partial charge in [0, 0.05) is 5.69 Å². The SMILES string of the molecule is Cc1ccc(C2(C=O)CC2)cc1NC(=O)OC(C)(C)C. The second-order valence-corrected chi connectivity index (χ2v) is 6.43. The lowest BCUT2D eigenvalue weighted by molar-refractivity contribution is -0.109. The zero-order valence-electron chi connectivity index (χ0n) is 12.4. The predicted octanol–water partition coefficient (Wildman–Crippen LogP) is 3.57. The Hall–Kier alpha value is -1.84. The monoisotopic (exact) mass is 275 g/mol. The molecule has 0 aliphatic heterocycles. The molecule has 4 heteroatoms. The molecule has 0 saturated heterocycles. The number of rotatable bonds is 3. The van der Waals surface area contributed by atoms with Gasteiger partial charge in [-0.3, -0.25) is 5.32 Å². The molecule has 1 aliphatic rings. The molecule has 1 N–H and O–H groups in total. The molecule has 0 unspecified atom stereocenters. The molecule has 1 amide bonds. The fourth-order valence-electron chi connectivity index (χ4n) is 2.09. The molecule has 1 saturated carbocycles. The summed E-state index contributed by atoms with van der Waals surface area (Å²) in [7, 11) is 0. The van der Waals surface area contributed by atoms with E-state index in [1.807, 2.05) is 45.9 Å². The number of hydrogen-bond acceptors (Lipinski definition) is 3. The molecule has 0 aromatic heterocycles. The Morgan fingerprint density at radius 3 is 2.50 bits per heavy atom. The highest BCUT2D eigenvalue weighted by Crippen LogP contribution is 2.47. The van der Waals surface area contributed by atoms with Crippen molar-refractivity contribution in [3.63, 3.8) is 0 Å². The van der Waals surface area contributed by atoms with Crippen molar-refractivity contribution in [1.29, 1.82) is 0 Å². The van der Waals surface area contributed by atoms with Gasteiger partial charge in [-0.2, -0.15) is 0 Å². The van der Waals surface area contributed by atoms with Crippen LogP contribution in [0.3, 0.4) is 0 Å². The third-order valence-corrected chi connectivity index (χ3v) is 3.46. The van der Waals surface area contributed by atoms with Gasteiger partial charge in [0.2, 0.25) is 0 Å². The smallest absolute Gasteiger partial charge is 0.412 e. The molecular weight excluding hydrogens is 254 g/mol. The number of amides is 1. The molecule has 1 fully saturated rings. The summed E-state index contributed by atoms with van der Waals surface area (Å²) in [5.74, 6) is 0. The van der Waals surface area contributed by atoms with Crippen LogP contribution in [0.5, 0.6) is 0 Å². The van der Waals surface area contributed by atoms with Gasteiger partial charge in [-0.1, -0.05) is 12.1 Å². The number of nitrogens with one attached hydrogen (secondary N) is 1. The van der Waals surface area contributed by atoms with Gasteiger partial charge in [0.05, 0.1) is 5.41 Å². The maximum Gasteiger partial charge on any atom is 0.412 e. The number of carbonyl (C=O) groups is 2. The van der Waals surface area contributed by atoms with Crippen LogP contribution >= 0.6 is 0 Å². The van der Waals surface area contributed by atoms with E-state index in [9.17, 15) is 9.59 Å². The van der Waals surface area contributed by atoms with Crippen molar-refractivity contribution in [1.82, 2.24) is 0 Å². The Morgan fingerprint density at radius 2 is 2.00 bits per heavy atom. The maximum absolute atomic E-state index is 11.8. The number of aldehydes is 1. The van der Waals surface area contributed by atoms with E-state index in [4.69, 9.17) is 4.74 Å². The van der Waals surface area contributed by atoms with E-state index in [2.05, 4.69) is 5.32 Å². The summed E-state index contributed by atoms with van der Waals surface area (Å²) in [5, 5.41) is 2.75. The van der Waals surface area contributed by atoms with Crippen LogP contribution in [-0.2, 0) is 14.9 Å². The van der Waals surface area contributed by atoms with Crippen molar-refractivity contribution in [2.24, 2.45) is 0 Å². The molecule has 0 radical (unpaired) electrons. The van der Waals surface area contributed by atoms with E-state index >= 15 is 0 Å². The minimum Gasteiger partial charge on any atom is -0.444 e. The lowest BCUT2D eigenvalue weighted by Crippen LogP contribution is -2.27. The molecule has 1 aromatic carbocycles. The first-order chi connectivity index (χ1) is 9.26. The van der Waals surface area contributed by atoms with E-state index in [1.165, 1.54) is 0 Å². The Morgan fingerprint density at radius 1 is 1.35 bits per heavy atom. The van der Waals surface area contributed by atoms with Crippen LogP contribution < -0.4 is 5.32 Å². The molecule has 1 aromatic rings. The second-order valence-electron chi connectivity index (χ2n) is 6.43. The summed E-state index contributed by atoms with van der Waals surface area (Å²) in [4.78, 5) is 23.0. The standard InChI is InChI=1S/C16H21NO3/c1-11-5-6-12(16(10-18)7-8-16)9-13(11)17-14(19)20-15(2,3)4/h5-6,9-10H,7-8H2,1-4H3,(H,17,19). The summed E-state index contributed by atoms with van der Waals surface area (Å²) in [6.07, 6.45) is 2.29. The van der Waals surface area contributed by atoms with Crippen LogP contribution in [0.2, 0.25) is 0 Å². The van der Waals surface area contributed by atoms with E-state index in [1.54, 1.807) is 0 Å². The highest BCUT2D eigenvalue weighted by molar-refractivity contribution is 5.86. The van der Waals surface area contributed by atoms with Crippen molar-refractivity contribution in [3.8, 4) is 0 Å². The fourth-order valence-corrected chi connectivity index (χ4v) is 2.09. The Balaban J connectivity index is 2.17. The third-order valence-electron chi connectivity index (χ3n) is 3.46. The van der Waals surface area contributed by atoms with E-state index < -0.39 is 11.7 Å². The highest BCUT2D eigenvalue weighted by Gasteiger charge is 2.44. The van der Waals surface area contributed by atoms with Gasteiger partial charge in [0.25, 0.3) is 0 Å². The molecule has 0 spiro atoms. The number of benzene rings is 1. The average Bonchev–Trinajstić information content (AvgIpc) is 3.10. The largest absolute Gasteiger partial charge is 0.444 e. The quantitative estimate of drug-likeness (QED) is 0.858. The molecule has 20 heavy (non-hydrogen) atoms. The molecule has 2 rings (SSSR count). The zero-order valence-corrected chi connectivity index (χ0v) is 12.4. The third kappa shape index (κ3) is 3.18. The maximum atomic E-state index is 11.8. The van der Waals surface area contributed by atoms with Crippen molar-refractivity contribution < 1.29 is 14.3 Å². The van der Waals surface area contributed by atoms with Crippen molar-refractivity contribution >= 4 is 18.1 Å². The summed E-state index contributed by atoms with van der Waals surface area (Å²) >= 11 is 0. The fraction of sp³-hybridized carbons (Fsp3) is 0.500. The minimum atomic E-state index is -0.532. The summed E-state index contributed by atoms with van der Waals surface area (Å²) in [5.41, 5.74) is 1.74. The van der Waals surface area contributed by atoms with Crippen LogP contribution in [0.25, 0.3) is 0 Å². The first-order valence-corrected chi connectivity index (χ1v) is 6.83. The van der Waals surface area contributed by atoms with Gasteiger partial charge in [-0.25, -0.2) is 4.79 Å². The highest BCUT2D eigenvalue weighted by atomic mass is 16.6. The van der Waals surface area contributed by atoms with Gasteiger partial charge in [-0.15, -0.1) is 0 Å². The number of hydrogen-bond donors (Lipinski definition) is 1. The Kier molecular flexibility index (Phi) is 3.59. The van der Waals surface area contributed by atoms with Gasteiger partial charge in [-0.05, 0) is 57.7 Å². The molecular formula is C16H21NO3. The average molecular weight is 275 g/mol. The molecule has 4 nitrogen and oxygen atoms in total. The minimum absolute atomic E-state index is 0.335. The topological polar surface area (TPSA) is 55.4 Å². The zero-order chi connectivity index (χ0) is 15.0. The summed E-state index contributed by atoms with van der Waals surface area (Å²) in [6.45, 7) is 7.38. The molecule has 0 atom stereocenters. The van der Waals surface area contributed by atoms with Crippen LogP contribution in [0, 0.1) is 6.92 Å². The number of carbonyl (C=O) groups excluding carboxylic acids is 2. The van der Waals surface area contributed by atoms with Crippen molar-refractivity contribution in [2.45, 2.75) is 51.6 Å². The summed E-state index contributed by atoms with van der Waals surface area (Å²) < 4.78 is 5.24. The van der Waals surface area contributed by atoms with E-state index in [0.717, 1.165) is 30.3 Å². The molecule has 0 bridgehead atoms. The van der Waals surface area contributed by atoms with E-state index in [0.29, 0.717) is 5.69 Å². The van der Waals surface area contributed by atoms with Crippen LogP contribution in [0.15, 0.2) is 18.2 Å². The van der Waals surface area contributed by atoms with Gasteiger partial charge < -0.3 is 9.53 Å². The van der Waals surface area contributed by atoms with Gasteiger partial charge in [0.15, 0.2) is 0 Å². The van der Waals surface area contributed by atoms with Crippen molar-refractivity contribution in [3.05, 3.63) is 29.3 Å². The lowest BCUT2D eigenvalue weighted by atomic mass is 9.96. The van der Waals surface area contributed by atoms with E-state index in [-0.39, 0.29) is 5.41 Å². The summed E-state index contributed by atoms with van der Waals surface area (Å²) in [6, 6.07) is 5.75. The number of ether oxygens (including phenoxy) is 1. The van der Waals surface area contributed by atoms with Crippen LogP contribution in [-0.4, -0.2) is 18.0 Å². The van der Waals surface area contributed by atoms with Gasteiger partial charge in [0.1, 0.15) is 11.9 Å². The molecule has 108 valence electrons.